The first-order chi connectivity index (χ1) is 18.2. The van der Waals surface area contributed by atoms with Crippen LogP contribution in [0.3, 0.4) is 0 Å². The Balaban J connectivity index is 0.000000255. The second kappa shape index (κ2) is 12.4. The molecule has 4 rings (SSSR count). The number of carbonyl (C=O) groups excluding carboxylic acids is 3. The van der Waals surface area contributed by atoms with E-state index in [0.717, 1.165) is 10.6 Å². The molecule has 39 heavy (non-hydrogen) atoms. The Hall–Kier alpha value is -3.11. The number of Topliss-reactive ketones (excluding diaryl/α,β-unsaturated/α-hetero) is 2. The number of nitrogens with zero attached hydrogens (tertiary/aromatic N) is 2. The van der Waals surface area contributed by atoms with Crippen LogP contribution in [0.15, 0.2) is 48.5 Å². The summed E-state index contributed by atoms with van der Waals surface area (Å²) >= 11 is 5.79. The Bertz CT molecular complexity index is 1170. The van der Waals surface area contributed by atoms with Gasteiger partial charge in [0.05, 0.1) is 26.2 Å². The SMILES string of the molecule is CC(C)(C)OC(=O)N1CC(=O)C(F)C1.O=C(CCc1cc(F)cc(Cl)c1)C1(O)CN(c2ccccc2)CC1F. The minimum atomic E-state index is -2.05. The smallest absolute Gasteiger partial charge is 0.410 e. The number of likely N-dealkylation sites (tertiary alicyclic amines) is 1. The van der Waals surface area contributed by atoms with Gasteiger partial charge in [0, 0.05) is 17.1 Å². The van der Waals surface area contributed by atoms with Gasteiger partial charge in [0.25, 0.3) is 0 Å². The van der Waals surface area contributed by atoms with Crippen LogP contribution >= 0.6 is 11.6 Å². The largest absolute Gasteiger partial charge is 0.444 e. The minimum absolute atomic E-state index is 0.0436. The summed E-state index contributed by atoms with van der Waals surface area (Å²) in [5.41, 5.74) is -1.37. The van der Waals surface area contributed by atoms with Gasteiger partial charge in [0.15, 0.2) is 29.5 Å². The molecule has 0 saturated carbocycles. The standard InChI is InChI=1S/C19H18ClF2NO2.C9H14FNO3/c20-14-8-13(9-15(21)10-14)6-7-18(24)19(25)12-23(11-17(19)22)16-4-2-1-3-5-16;1-9(2,3)14-8(13)11-4-6(10)7(12)5-11/h1-5,8-10,17,25H,6-7,11-12H2;6H,4-5H2,1-3H3. The van der Waals surface area contributed by atoms with Gasteiger partial charge in [-0.3, -0.25) is 14.5 Å². The first kappa shape index (κ1) is 30.4. The van der Waals surface area contributed by atoms with Crippen LogP contribution in [-0.4, -0.2) is 77.4 Å². The lowest BCUT2D eigenvalue weighted by Gasteiger charge is -2.24. The summed E-state index contributed by atoms with van der Waals surface area (Å²) in [6, 6.07) is 13.1. The minimum Gasteiger partial charge on any atom is -0.444 e. The lowest BCUT2D eigenvalue weighted by Crippen LogP contribution is -2.47. The first-order valence-electron chi connectivity index (χ1n) is 12.5. The molecule has 212 valence electrons. The van der Waals surface area contributed by atoms with Gasteiger partial charge in [0.2, 0.25) is 0 Å². The van der Waals surface area contributed by atoms with Crippen LogP contribution < -0.4 is 4.90 Å². The molecular weight excluding hydrogens is 537 g/mol. The van der Waals surface area contributed by atoms with Gasteiger partial charge in [0.1, 0.15) is 11.4 Å². The van der Waals surface area contributed by atoms with Gasteiger partial charge in [-0.25, -0.2) is 18.0 Å². The van der Waals surface area contributed by atoms with Crippen molar-refractivity contribution in [2.24, 2.45) is 0 Å². The van der Waals surface area contributed by atoms with E-state index >= 15 is 0 Å². The van der Waals surface area contributed by atoms with E-state index in [2.05, 4.69) is 0 Å². The first-order valence-corrected chi connectivity index (χ1v) is 12.8. The second-order valence-corrected chi connectivity index (χ2v) is 11.0. The van der Waals surface area contributed by atoms with E-state index in [1.807, 2.05) is 18.2 Å². The van der Waals surface area contributed by atoms with Crippen molar-refractivity contribution in [3.05, 3.63) is 64.9 Å². The maximum absolute atomic E-state index is 14.4. The molecule has 3 atom stereocenters. The molecule has 7 nitrogen and oxygen atoms in total. The number of rotatable bonds is 5. The molecule has 2 saturated heterocycles. The zero-order valence-corrected chi connectivity index (χ0v) is 22.8. The predicted molar refractivity (Wildman–Crippen MR) is 141 cm³/mol. The molecule has 0 spiro atoms. The molecule has 2 heterocycles. The Kier molecular flexibility index (Phi) is 9.66. The Morgan fingerprint density at radius 3 is 2.36 bits per heavy atom. The van der Waals surface area contributed by atoms with Crippen LogP contribution in [0.4, 0.5) is 23.7 Å². The highest BCUT2D eigenvalue weighted by Gasteiger charge is 2.51. The van der Waals surface area contributed by atoms with E-state index in [1.165, 1.54) is 12.1 Å². The van der Waals surface area contributed by atoms with Crippen molar-refractivity contribution < 1.29 is 37.4 Å². The average Bonchev–Trinajstić information content (AvgIpc) is 3.35. The number of ether oxygens (including phenoxy) is 1. The number of amides is 1. The third kappa shape index (κ3) is 8.19. The van der Waals surface area contributed by atoms with Gasteiger partial charge in [-0.2, -0.15) is 0 Å². The van der Waals surface area contributed by atoms with E-state index in [1.54, 1.807) is 43.9 Å². The molecule has 0 bridgehead atoms. The number of aliphatic hydroxyl groups is 1. The molecule has 0 aliphatic carbocycles. The highest BCUT2D eigenvalue weighted by atomic mass is 35.5. The van der Waals surface area contributed by atoms with Crippen LogP contribution in [0.25, 0.3) is 0 Å². The molecule has 2 fully saturated rings. The molecule has 1 amide bonds. The third-order valence-electron chi connectivity index (χ3n) is 6.23. The molecule has 0 aromatic heterocycles. The van der Waals surface area contributed by atoms with Gasteiger partial charge in [-0.1, -0.05) is 29.8 Å². The Morgan fingerprint density at radius 2 is 1.79 bits per heavy atom. The third-order valence-corrected chi connectivity index (χ3v) is 6.44. The van der Waals surface area contributed by atoms with Crippen molar-refractivity contribution in [2.75, 3.05) is 31.1 Å². The van der Waals surface area contributed by atoms with Gasteiger partial charge in [-0.15, -0.1) is 0 Å². The fourth-order valence-corrected chi connectivity index (χ4v) is 4.48. The number of hydrogen-bond acceptors (Lipinski definition) is 6. The van der Waals surface area contributed by atoms with Crippen LogP contribution in [-0.2, 0) is 20.7 Å². The number of hydrogen-bond donors (Lipinski definition) is 1. The normalized spacial score (nSPS) is 22.9. The second-order valence-electron chi connectivity index (χ2n) is 10.6. The number of anilines is 1. The van der Waals surface area contributed by atoms with Crippen molar-refractivity contribution in [3.63, 3.8) is 0 Å². The van der Waals surface area contributed by atoms with Crippen molar-refractivity contribution in [1.29, 1.82) is 0 Å². The molecule has 11 heteroatoms. The topological polar surface area (TPSA) is 87.1 Å². The lowest BCUT2D eigenvalue weighted by molar-refractivity contribution is -0.140. The number of benzene rings is 2. The molecule has 2 aliphatic heterocycles. The summed E-state index contributed by atoms with van der Waals surface area (Å²) in [5.74, 6) is -1.64. The fourth-order valence-electron chi connectivity index (χ4n) is 4.24. The quantitative estimate of drug-likeness (QED) is 0.562. The molecule has 2 aromatic carbocycles. The predicted octanol–water partition coefficient (Wildman–Crippen LogP) is 4.71. The molecule has 0 radical (unpaired) electrons. The summed E-state index contributed by atoms with van der Waals surface area (Å²) in [4.78, 5) is 37.4. The zero-order chi connectivity index (χ0) is 29.0. The summed E-state index contributed by atoms with van der Waals surface area (Å²) in [7, 11) is 0. The molecular formula is C28H32ClF3N2O5. The lowest BCUT2D eigenvalue weighted by atomic mass is 9.91. The summed E-state index contributed by atoms with van der Waals surface area (Å²) in [5, 5.41) is 10.8. The maximum Gasteiger partial charge on any atom is 0.410 e. The average molecular weight is 569 g/mol. The van der Waals surface area contributed by atoms with E-state index in [4.69, 9.17) is 16.3 Å². The number of alkyl halides is 2. The van der Waals surface area contributed by atoms with Crippen molar-refractivity contribution in [1.82, 2.24) is 4.90 Å². The van der Waals surface area contributed by atoms with Crippen LogP contribution in [0, 0.1) is 5.82 Å². The van der Waals surface area contributed by atoms with E-state index in [0.29, 0.717) is 5.56 Å². The monoisotopic (exact) mass is 568 g/mol. The summed E-state index contributed by atoms with van der Waals surface area (Å²) in [6.45, 7) is 4.64. The maximum atomic E-state index is 14.4. The molecule has 1 N–H and O–H groups in total. The van der Waals surface area contributed by atoms with Crippen LogP contribution in [0.5, 0.6) is 0 Å². The van der Waals surface area contributed by atoms with Gasteiger partial charge >= 0.3 is 6.09 Å². The molecule has 2 aromatic rings. The van der Waals surface area contributed by atoms with Crippen LogP contribution in [0.1, 0.15) is 32.8 Å². The van der Waals surface area contributed by atoms with Crippen LogP contribution in [0.2, 0.25) is 5.02 Å². The number of carbonyl (C=O) groups is 3. The van der Waals surface area contributed by atoms with Crippen molar-refractivity contribution in [2.45, 2.75) is 57.2 Å². The Labute approximate surface area is 230 Å². The summed E-state index contributed by atoms with van der Waals surface area (Å²) < 4.78 is 45.5. The molecule has 2 aliphatic rings. The van der Waals surface area contributed by atoms with E-state index in [-0.39, 0.29) is 44.0 Å². The fraction of sp³-hybridized carbons (Fsp3) is 0.464. The zero-order valence-electron chi connectivity index (χ0n) is 22.0. The van der Waals surface area contributed by atoms with Gasteiger partial charge < -0.3 is 14.7 Å². The number of β-amino-alcohol motifs (C(OH)–C–C–N with tert-alkyl or cyclic N) is 1. The van der Waals surface area contributed by atoms with E-state index < -0.39 is 47.0 Å². The van der Waals surface area contributed by atoms with Gasteiger partial charge in [-0.05, 0) is 63.1 Å². The summed E-state index contributed by atoms with van der Waals surface area (Å²) in [6.07, 6.45) is -3.75. The van der Waals surface area contributed by atoms with Crippen molar-refractivity contribution in [3.8, 4) is 0 Å². The number of ketones is 2. The highest BCUT2D eigenvalue weighted by Crippen LogP contribution is 2.31. The van der Waals surface area contributed by atoms with E-state index in [9.17, 15) is 32.7 Å². The molecule has 3 unspecified atom stereocenters. The highest BCUT2D eigenvalue weighted by molar-refractivity contribution is 6.30. The van der Waals surface area contributed by atoms with Crippen molar-refractivity contribution >= 4 is 34.9 Å². The number of halogens is 4. The number of para-hydroxylation sites is 1. The number of aryl methyl sites for hydroxylation is 1. The Morgan fingerprint density at radius 1 is 1.13 bits per heavy atom.